The average Bonchev–Trinajstić information content (AvgIpc) is 2.75. The molecule has 2 aliphatic rings. The first kappa shape index (κ1) is 23.6. The topological polar surface area (TPSA) is 84.9 Å². The van der Waals surface area contributed by atoms with Crippen molar-refractivity contribution in [1.29, 1.82) is 0 Å². The minimum Gasteiger partial charge on any atom is -0.504 e. The molecular weight excluding hydrogens is 406 g/mol. The normalized spacial score (nSPS) is 17.7. The van der Waals surface area contributed by atoms with Gasteiger partial charge in [0.15, 0.2) is 17.3 Å². The highest BCUT2D eigenvalue weighted by molar-refractivity contribution is 6.05. The Balaban J connectivity index is 1.88. The zero-order chi connectivity index (χ0) is 23.1. The second-order valence-electron chi connectivity index (χ2n) is 8.34. The molecule has 0 saturated carbocycles. The molecule has 172 valence electrons. The van der Waals surface area contributed by atoms with Crippen molar-refractivity contribution in [3.63, 3.8) is 0 Å². The number of ether oxygens (including phenoxy) is 2. The summed E-state index contributed by atoms with van der Waals surface area (Å²) in [5.74, 6) is -0.209. The number of phenols is 1. The highest BCUT2D eigenvalue weighted by Gasteiger charge is 2.36. The van der Waals surface area contributed by atoms with Gasteiger partial charge in [-0.3, -0.25) is 9.59 Å². The van der Waals surface area contributed by atoms with E-state index in [9.17, 15) is 14.7 Å². The lowest BCUT2D eigenvalue weighted by molar-refractivity contribution is -0.123. The largest absolute Gasteiger partial charge is 0.504 e. The van der Waals surface area contributed by atoms with E-state index < -0.39 is 5.92 Å². The van der Waals surface area contributed by atoms with Gasteiger partial charge < -0.3 is 19.9 Å². The maximum atomic E-state index is 13.0. The van der Waals surface area contributed by atoms with Gasteiger partial charge in [-0.15, -0.1) is 0 Å². The smallest absolute Gasteiger partial charge is 0.239 e. The van der Waals surface area contributed by atoms with Crippen molar-refractivity contribution in [2.75, 3.05) is 7.11 Å². The monoisotopic (exact) mass is 439 g/mol. The number of allylic oxidation sites excluding steroid dienone is 4. The molecule has 1 atom stereocenters. The lowest BCUT2D eigenvalue weighted by Gasteiger charge is -2.29. The third-order valence-electron chi connectivity index (χ3n) is 5.77. The average molecular weight is 440 g/mol. The minimum atomic E-state index is -0.715. The number of amides is 1. The number of carbonyl (C=O) groups excluding carboxylic acids is 2. The van der Waals surface area contributed by atoms with Crippen LogP contribution in [0.25, 0.3) is 0 Å². The number of carbonyl (C=O) groups is 2. The van der Waals surface area contributed by atoms with Crippen LogP contribution in [0.5, 0.6) is 17.2 Å². The lowest BCUT2D eigenvalue weighted by Crippen LogP contribution is -2.38. The van der Waals surface area contributed by atoms with Gasteiger partial charge >= 0.3 is 0 Å². The standard InChI is InChI=1S/C26H33NO5/c1-4-6-8-10-17-14-21(31-3)16-22(29)25(17)32-23-15-20(28)13-18-12-19(11-9-7-5-2)27-26(30)24(18)23/h12-16,24,29H,4-11H2,1-3H3,(H,27,30). The molecule has 0 spiro atoms. The molecule has 6 heteroatoms. The van der Waals surface area contributed by atoms with E-state index in [-0.39, 0.29) is 28.9 Å². The maximum Gasteiger partial charge on any atom is 0.239 e. The summed E-state index contributed by atoms with van der Waals surface area (Å²) in [4.78, 5) is 25.3. The van der Waals surface area contributed by atoms with E-state index in [4.69, 9.17) is 9.47 Å². The molecule has 0 saturated heterocycles. The number of aryl methyl sites for hydroxylation is 1. The number of hydrogen-bond donors (Lipinski definition) is 2. The van der Waals surface area contributed by atoms with Gasteiger partial charge in [-0.05, 0) is 49.5 Å². The Morgan fingerprint density at radius 2 is 1.69 bits per heavy atom. The second-order valence-corrected chi connectivity index (χ2v) is 8.34. The van der Waals surface area contributed by atoms with E-state index >= 15 is 0 Å². The first-order chi connectivity index (χ1) is 15.5. The van der Waals surface area contributed by atoms with Crippen LogP contribution in [0.3, 0.4) is 0 Å². The molecule has 0 radical (unpaired) electrons. The van der Waals surface area contributed by atoms with Gasteiger partial charge in [0.05, 0.1) is 7.11 Å². The van der Waals surface area contributed by atoms with Crippen LogP contribution in [0, 0.1) is 5.92 Å². The summed E-state index contributed by atoms with van der Waals surface area (Å²) in [5, 5.41) is 13.6. The Morgan fingerprint density at radius 1 is 0.969 bits per heavy atom. The zero-order valence-electron chi connectivity index (χ0n) is 19.2. The molecule has 3 rings (SSSR count). The molecule has 1 aliphatic heterocycles. The van der Waals surface area contributed by atoms with Crippen LogP contribution < -0.4 is 14.8 Å². The maximum absolute atomic E-state index is 13.0. The molecule has 1 aliphatic carbocycles. The van der Waals surface area contributed by atoms with Crippen LogP contribution in [0.4, 0.5) is 0 Å². The first-order valence-corrected chi connectivity index (χ1v) is 11.5. The predicted octanol–water partition coefficient (Wildman–Crippen LogP) is 5.12. The van der Waals surface area contributed by atoms with Crippen LogP contribution in [0.1, 0.15) is 64.4 Å². The van der Waals surface area contributed by atoms with E-state index in [1.807, 2.05) is 12.1 Å². The second kappa shape index (κ2) is 11.0. The van der Waals surface area contributed by atoms with E-state index in [0.717, 1.165) is 56.2 Å². The van der Waals surface area contributed by atoms with Crippen LogP contribution in [0.2, 0.25) is 0 Å². The zero-order valence-corrected chi connectivity index (χ0v) is 19.2. The number of unbranched alkanes of at least 4 members (excludes halogenated alkanes) is 4. The van der Waals surface area contributed by atoms with Crippen molar-refractivity contribution in [2.24, 2.45) is 5.92 Å². The number of hydrogen-bond acceptors (Lipinski definition) is 5. The molecule has 0 fully saturated rings. The van der Waals surface area contributed by atoms with Crippen LogP contribution in [-0.4, -0.2) is 23.9 Å². The van der Waals surface area contributed by atoms with E-state index in [1.165, 1.54) is 18.2 Å². The molecular formula is C26H33NO5. The van der Waals surface area contributed by atoms with E-state index in [2.05, 4.69) is 19.2 Å². The Kier molecular flexibility index (Phi) is 8.14. The molecule has 1 heterocycles. The summed E-state index contributed by atoms with van der Waals surface area (Å²) in [7, 11) is 1.54. The van der Waals surface area contributed by atoms with Gasteiger partial charge in [-0.25, -0.2) is 0 Å². The van der Waals surface area contributed by atoms with Crippen molar-refractivity contribution in [2.45, 2.75) is 65.2 Å². The SMILES string of the molecule is CCCCCC1=CC2=CC(=O)C=C(Oc3c(O)cc(OC)cc3CCCCC)C2C(=O)N1. The number of nitrogens with one attached hydrogen (secondary N) is 1. The Morgan fingerprint density at radius 3 is 2.38 bits per heavy atom. The summed E-state index contributed by atoms with van der Waals surface area (Å²) < 4.78 is 11.4. The molecule has 0 bridgehead atoms. The third kappa shape index (κ3) is 5.61. The molecule has 6 nitrogen and oxygen atoms in total. The molecule has 1 amide bonds. The minimum absolute atomic E-state index is 0.0766. The number of phenolic OH excluding ortho intramolecular Hbond substituents is 1. The Labute approximate surface area is 190 Å². The summed E-state index contributed by atoms with van der Waals surface area (Å²) >= 11 is 0. The van der Waals surface area contributed by atoms with Crippen molar-refractivity contribution in [3.8, 4) is 17.2 Å². The number of ketones is 1. The van der Waals surface area contributed by atoms with E-state index in [1.54, 1.807) is 7.11 Å². The summed E-state index contributed by atoms with van der Waals surface area (Å²) in [5.41, 5.74) is 2.24. The quantitative estimate of drug-likeness (QED) is 0.468. The lowest BCUT2D eigenvalue weighted by atomic mass is 9.86. The van der Waals surface area contributed by atoms with Crippen LogP contribution in [-0.2, 0) is 16.0 Å². The third-order valence-corrected chi connectivity index (χ3v) is 5.77. The molecule has 1 unspecified atom stereocenters. The van der Waals surface area contributed by atoms with Gasteiger partial charge in [0.2, 0.25) is 5.91 Å². The van der Waals surface area contributed by atoms with Crippen molar-refractivity contribution in [3.05, 3.63) is 53.0 Å². The van der Waals surface area contributed by atoms with Crippen LogP contribution >= 0.6 is 0 Å². The molecule has 32 heavy (non-hydrogen) atoms. The fraction of sp³-hybridized carbons (Fsp3) is 0.462. The van der Waals surface area contributed by atoms with Crippen molar-refractivity contribution < 1.29 is 24.2 Å². The van der Waals surface area contributed by atoms with Gasteiger partial charge in [0.25, 0.3) is 0 Å². The molecule has 0 aromatic heterocycles. The fourth-order valence-electron chi connectivity index (χ4n) is 4.09. The molecule has 1 aromatic carbocycles. The van der Waals surface area contributed by atoms with Crippen molar-refractivity contribution >= 4 is 11.7 Å². The predicted molar refractivity (Wildman–Crippen MR) is 124 cm³/mol. The fourth-order valence-corrected chi connectivity index (χ4v) is 4.09. The van der Waals surface area contributed by atoms with Gasteiger partial charge in [-0.2, -0.15) is 0 Å². The van der Waals surface area contributed by atoms with Crippen LogP contribution in [0.15, 0.2) is 47.4 Å². The number of rotatable bonds is 11. The molecule has 1 aromatic rings. The highest BCUT2D eigenvalue weighted by Crippen LogP contribution is 2.40. The van der Waals surface area contributed by atoms with Gasteiger partial charge in [-0.1, -0.05) is 39.5 Å². The number of methoxy groups -OCH3 is 1. The summed E-state index contributed by atoms with van der Waals surface area (Å²) in [6.07, 6.45) is 12.4. The van der Waals surface area contributed by atoms with Crippen molar-refractivity contribution in [1.82, 2.24) is 5.32 Å². The van der Waals surface area contributed by atoms with Gasteiger partial charge in [0, 0.05) is 23.4 Å². The Bertz CT molecular complexity index is 957. The number of fused-ring (bicyclic) bond motifs is 1. The number of benzene rings is 1. The molecule has 2 N–H and O–H groups in total. The summed E-state index contributed by atoms with van der Waals surface area (Å²) in [6.45, 7) is 4.25. The van der Waals surface area contributed by atoms with E-state index in [0.29, 0.717) is 17.7 Å². The summed E-state index contributed by atoms with van der Waals surface area (Å²) in [6, 6.07) is 3.31. The van der Waals surface area contributed by atoms with Gasteiger partial charge in [0.1, 0.15) is 17.4 Å². The Hall–Kier alpha value is -3.02. The first-order valence-electron chi connectivity index (χ1n) is 11.5. The number of aromatic hydroxyl groups is 1. The highest BCUT2D eigenvalue weighted by atomic mass is 16.5.